The molecule has 2 N–H and O–H groups in total. The lowest BCUT2D eigenvalue weighted by molar-refractivity contribution is 0.596. The van der Waals surface area contributed by atoms with Crippen molar-refractivity contribution < 1.29 is 0 Å². The number of rotatable bonds is 2. The fourth-order valence-corrected chi connectivity index (χ4v) is 3.74. The zero-order valence-corrected chi connectivity index (χ0v) is 9.69. The van der Waals surface area contributed by atoms with Gasteiger partial charge in [-0.25, -0.2) is 0 Å². The molecule has 1 heterocycles. The van der Waals surface area contributed by atoms with Crippen LogP contribution in [0.1, 0.15) is 32.1 Å². The highest BCUT2D eigenvalue weighted by Gasteiger charge is 2.22. The van der Waals surface area contributed by atoms with Crippen LogP contribution in [0.5, 0.6) is 0 Å². The SMILES string of the molecule is NC1CCCCCC1Sc1nncs1. The lowest BCUT2D eigenvalue weighted by atomic mass is 10.1. The molecule has 3 nitrogen and oxygen atoms in total. The molecule has 0 spiro atoms. The van der Waals surface area contributed by atoms with Crippen molar-refractivity contribution in [2.75, 3.05) is 0 Å². The Balaban J connectivity index is 1.94. The smallest absolute Gasteiger partial charge is 0.174 e. The summed E-state index contributed by atoms with van der Waals surface area (Å²) >= 11 is 3.42. The molecule has 0 aromatic carbocycles. The number of thioether (sulfide) groups is 1. The van der Waals surface area contributed by atoms with E-state index in [1.165, 1.54) is 25.7 Å². The first-order chi connectivity index (χ1) is 6.86. The predicted molar refractivity (Wildman–Crippen MR) is 60.6 cm³/mol. The normalized spacial score (nSPS) is 28.6. The van der Waals surface area contributed by atoms with E-state index in [9.17, 15) is 0 Å². The molecule has 1 fully saturated rings. The molecule has 0 radical (unpaired) electrons. The van der Waals surface area contributed by atoms with Crippen molar-refractivity contribution in [3.05, 3.63) is 5.51 Å². The van der Waals surface area contributed by atoms with Crippen LogP contribution in [0, 0.1) is 0 Å². The minimum atomic E-state index is 0.339. The summed E-state index contributed by atoms with van der Waals surface area (Å²) < 4.78 is 1.06. The zero-order chi connectivity index (χ0) is 9.80. The molecular weight excluding hydrogens is 214 g/mol. The van der Waals surface area contributed by atoms with Gasteiger partial charge in [-0.3, -0.25) is 0 Å². The lowest BCUT2D eigenvalue weighted by Gasteiger charge is -2.18. The standard InChI is InChI=1S/C9H15N3S2/c10-7-4-2-1-3-5-8(7)14-9-12-11-6-13-9/h6-8H,1-5,10H2. The van der Waals surface area contributed by atoms with E-state index in [0.717, 1.165) is 10.8 Å². The molecule has 0 amide bonds. The topological polar surface area (TPSA) is 51.8 Å². The average Bonchev–Trinajstić information content (AvgIpc) is 2.60. The predicted octanol–water partition coefficient (Wildman–Crippen LogP) is 2.29. The summed E-state index contributed by atoms with van der Waals surface area (Å²) in [7, 11) is 0. The second-order valence-corrected chi connectivity index (χ2v) is 5.98. The van der Waals surface area contributed by atoms with Gasteiger partial charge in [-0.05, 0) is 12.8 Å². The van der Waals surface area contributed by atoms with Crippen molar-refractivity contribution >= 4 is 23.1 Å². The monoisotopic (exact) mass is 229 g/mol. The average molecular weight is 229 g/mol. The van der Waals surface area contributed by atoms with E-state index in [1.807, 2.05) is 11.8 Å². The molecule has 0 bridgehead atoms. The molecule has 1 aliphatic rings. The molecule has 0 saturated heterocycles. The van der Waals surface area contributed by atoms with Crippen molar-refractivity contribution in [2.45, 2.75) is 47.7 Å². The Morgan fingerprint density at radius 2 is 2.21 bits per heavy atom. The minimum Gasteiger partial charge on any atom is -0.327 e. The van der Waals surface area contributed by atoms with Crippen LogP contribution in [0.4, 0.5) is 0 Å². The number of nitrogens with zero attached hydrogens (tertiary/aromatic N) is 2. The molecule has 2 unspecified atom stereocenters. The van der Waals surface area contributed by atoms with E-state index in [0.29, 0.717) is 11.3 Å². The first kappa shape index (κ1) is 10.4. The van der Waals surface area contributed by atoms with Crippen molar-refractivity contribution in [1.82, 2.24) is 10.2 Å². The van der Waals surface area contributed by atoms with Gasteiger partial charge in [0.25, 0.3) is 0 Å². The Morgan fingerprint density at radius 1 is 1.36 bits per heavy atom. The number of nitrogens with two attached hydrogens (primary N) is 1. The summed E-state index contributed by atoms with van der Waals surface area (Å²) in [6.45, 7) is 0. The molecule has 0 aliphatic heterocycles. The van der Waals surface area contributed by atoms with Gasteiger partial charge in [-0.15, -0.1) is 10.2 Å². The Hall–Kier alpha value is -0.130. The Morgan fingerprint density at radius 3 is 3.00 bits per heavy atom. The highest BCUT2D eigenvalue weighted by Crippen LogP contribution is 2.32. The van der Waals surface area contributed by atoms with E-state index < -0.39 is 0 Å². The summed E-state index contributed by atoms with van der Waals surface area (Å²) in [5, 5.41) is 8.44. The minimum absolute atomic E-state index is 0.339. The first-order valence-electron chi connectivity index (χ1n) is 5.04. The number of aromatic nitrogens is 2. The molecule has 1 aliphatic carbocycles. The van der Waals surface area contributed by atoms with Gasteiger partial charge in [-0.2, -0.15) is 0 Å². The summed E-state index contributed by atoms with van der Waals surface area (Å²) in [6.07, 6.45) is 6.32. The van der Waals surface area contributed by atoms with Crippen LogP contribution in [0.2, 0.25) is 0 Å². The van der Waals surface area contributed by atoms with E-state index in [2.05, 4.69) is 10.2 Å². The second kappa shape index (κ2) is 5.09. The molecule has 2 atom stereocenters. The quantitative estimate of drug-likeness (QED) is 0.791. The molecule has 1 aromatic heterocycles. The molecule has 78 valence electrons. The highest BCUT2D eigenvalue weighted by atomic mass is 32.2. The third-order valence-corrected chi connectivity index (χ3v) is 4.83. The number of hydrogen-bond donors (Lipinski definition) is 1. The molecule has 1 saturated carbocycles. The van der Waals surface area contributed by atoms with Crippen molar-refractivity contribution in [3.63, 3.8) is 0 Å². The Bertz CT molecular complexity index is 263. The first-order valence-corrected chi connectivity index (χ1v) is 6.80. The molecular formula is C9H15N3S2. The third-order valence-electron chi connectivity index (χ3n) is 2.60. The summed E-state index contributed by atoms with van der Waals surface area (Å²) in [6, 6.07) is 0.339. The maximum Gasteiger partial charge on any atom is 0.174 e. The largest absolute Gasteiger partial charge is 0.327 e. The van der Waals surface area contributed by atoms with Crippen molar-refractivity contribution in [2.24, 2.45) is 5.73 Å². The highest BCUT2D eigenvalue weighted by molar-refractivity contribution is 8.01. The van der Waals surface area contributed by atoms with Gasteiger partial charge >= 0.3 is 0 Å². The van der Waals surface area contributed by atoms with E-state index in [1.54, 1.807) is 16.8 Å². The third kappa shape index (κ3) is 2.68. The van der Waals surface area contributed by atoms with Crippen LogP contribution in [-0.2, 0) is 0 Å². The van der Waals surface area contributed by atoms with Gasteiger partial charge in [0.15, 0.2) is 4.34 Å². The van der Waals surface area contributed by atoms with Crippen LogP contribution in [0.3, 0.4) is 0 Å². The van der Waals surface area contributed by atoms with Crippen molar-refractivity contribution in [1.29, 1.82) is 0 Å². The van der Waals surface area contributed by atoms with Crippen molar-refractivity contribution in [3.8, 4) is 0 Å². The molecule has 5 heteroatoms. The molecule has 14 heavy (non-hydrogen) atoms. The van der Waals surface area contributed by atoms with Crippen LogP contribution < -0.4 is 5.73 Å². The zero-order valence-electron chi connectivity index (χ0n) is 8.06. The van der Waals surface area contributed by atoms with Crippen LogP contribution >= 0.6 is 23.1 Å². The molecule has 2 rings (SSSR count). The van der Waals surface area contributed by atoms with E-state index in [-0.39, 0.29) is 0 Å². The Kier molecular flexibility index (Phi) is 3.78. The van der Waals surface area contributed by atoms with Gasteiger partial charge < -0.3 is 5.73 Å². The van der Waals surface area contributed by atoms with Gasteiger partial charge in [0.1, 0.15) is 5.51 Å². The molecule has 1 aromatic rings. The summed E-state index contributed by atoms with van der Waals surface area (Å²) in [4.78, 5) is 0. The fraction of sp³-hybridized carbons (Fsp3) is 0.778. The van der Waals surface area contributed by atoms with Crippen LogP contribution in [0.15, 0.2) is 9.85 Å². The lowest BCUT2D eigenvalue weighted by Crippen LogP contribution is -2.31. The maximum atomic E-state index is 6.13. The second-order valence-electron chi connectivity index (χ2n) is 3.66. The number of hydrogen-bond acceptors (Lipinski definition) is 5. The van der Waals surface area contributed by atoms with Gasteiger partial charge in [-0.1, -0.05) is 42.4 Å². The van der Waals surface area contributed by atoms with Gasteiger partial charge in [0, 0.05) is 11.3 Å². The van der Waals surface area contributed by atoms with E-state index >= 15 is 0 Å². The van der Waals surface area contributed by atoms with Crippen LogP contribution in [-0.4, -0.2) is 21.5 Å². The fourth-order valence-electron chi connectivity index (χ4n) is 1.79. The summed E-state index contributed by atoms with van der Waals surface area (Å²) in [5.41, 5.74) is 7.91. The summed E-state index contributed by atoms with van der Waals surface area (Å²) in [5.74, 6) is 0. The van der Waals surface area contributed by atoms with Crippen LogP contribution in [0.25, 0.3) is 0 Å². The van der Waals surface area contributed by atoms with Gasteiger partial charge in [0.2, 0.25) is 0 Å². The maximum absolute atomic E-state index is 6.13. The van der Waals surface area contributed by atoms with E-state index in [4.69, 9.17) is 5.73 Å². The Labute approximate surface area is 92.5 Å². The van der Waals surface area contributed by atoms with Gasteiger partial charge in [0.05, 0.1) is 0 Å².